The van der Waals surface area contributed by atoms with Gasteiger partial charge in [-0.05, 0) is 47.5 Å². The van der Waals surface area contributed by atoms with Crippen LogP contribution in [0.3, 0.4) is 0 Å². The quantitative estimate of drug-likeness (QED) is 0.552. The first-order chi connectivity index (χ1) is 10.0. The molecule has 22 heavy (non-hydrogen) atoms. The van der Waals surface area contributed by atoms with E-state index in [1.807, 2.05) is 0 Å². The minimum Gasteiger partial charge on any atom is -0.480 e. The second-order valence-electron chi connectivity index (χ2n) is 6.00. The smallest absolute Gasteiger partial charge is 0.408 e. The number of hydrogen-bond donors (Lipinski definition) is 2. The lowest BCUT2D eigenvalue weighted by atomic mass is 10.1. The minimum absolute atomic E-state index is 0.139. The number of ether oxygens (including phenoxy) is 2. The van der Waals surface area contributed by atoms with Gasteiger partial charge in [0, 0.05) is 6.08 Å². The molecule has 0 aliphatic rings. The third kappa shape index (κ3) is 10.7. The first-order valence-corrected chi connectivity index (χ1v) is 7.10. The van der Waals surface area contributed by atoms with Gasteiger partial charge in [-0.3, -0.25) is 0 Å². The van der Waals surface area contributed by atoms with Crippen molar-refractivity contribution in [2.75, 3.05) is 0 Å². The standard InChI is InChI=1S/C15H25NO6/c1-10(2)21-12(17)9-7-6-8-11(13(18)19)16-14(20)22-15(3,4)5/h7,9-11H,6,8H2,1-5H3,(H,16,20)(H,18,19)/t11-/m0/s1. The van der Waals surface area contributed by atoms with Crippen molar-refractivity contribution in [3.63, 3.8) is 0 Å². The van der Waals surface area contributed by atoms with E-state index >= 15 is 0 Å². The minimum atomic E-state index is -1.16. The fourth-order valence-electron chi connectivity index (χ4n) is 1.42. The molecule has 0 bridgehead atoms. The summed E-state index contributed by atoms with van der Waals surface area (Å²) in [6, 6.07) is -1.08. The Morgan fingerprint density at radius 3 is 2.27 bits per heavy atom. The number of carbonyl (C=O) groups excluding carboxylic acids is 2. The van der Waals surface area contributed by atoms with Crippen LogP contribution >= 0.6 is 0 Å². The molecule has 0 radical (unpaired) electrons. The molecule has 0 rings (SSSR count). The topological polar surface area (TPSA) is 102 Å². The Bertz CT molecular complexity index is 422. The molecule has 7 nitrogen and oxygen atoms in total. The van der Waals surface area contributed by atoms with Gasteiger partial charge in [0.05, 0.1) is 6.10 Å². The summed E-state index contributed by atoms with van der Waals surface area (Å²) in [4.78, 5) is 33.9. The Morgan fingerprint density at radius 1 is 1.23 bits per heavy atom. The number of aliphatic carboxylic acids is 1. The summed E-state index contributed by atoms with van der Waals surface area (Å²) in [6.45, 7) is 8.52. The Labute approximate surface area is 130 Å². The maximum absolute atomic E-state index is 11.5. The van der Waals surface area contributed by atoms with Crippen LogP contribution in [0, 0.1) is 0 Å². The molecule has 0 fully saturated rings. The van der Waals surface area contributed by atoms with Gasteiger partial charge in [-0.25, -0.2) is 14.4 Å². The molecule has 0 aliphatic heterocycles. The third-order valence-corrected chi connectivity index (χ3v) is 2.22. The predicted molar refractivity (Wildman–Crippen MR) is 80.4 cm³/mol. The summed E-state index contributed by atoms with van der Waals surface area (Å²) in [6.07, 6.45) is 2.20. The molecular weight excluding hydrogens is 290 g/mol. The fraction of sp³-hybridized carbons (Fsp3) is 0.667. The van der Waals surface area contributed by atoms with Gasteiger partial charge in [0.15, 0.2) is 0 Å². The highest BCUT2D eigenvalue weighted by Crippen LogP contribution is 2.08. The summed E-state index contributed by atoms with van der Waals surface area (Å²) in [7, 11) is 0. The number of hydrogen-bond acceptors (Lipinski definition) is 5. The Balaban J connectivity index is 4.32. The second-order valence-corrected chi connectivity index (χ2v) is 6.00. The molecule has 0 aromatic heterocycles. The maximum atomic E-state index is 11.5. The Kier molecular flexibility index (Phi) is 8.22. The molecule has 126 valence electrons. The van der Waals surface area contributed by atoms with E-state index in [2.05, 4.69) is 5.32 Å². The molecule has 0 saturated heterocycles. The van der Waals surface area contributed by atoms with E-state index in [-0.39, 0.29) is 12.5 Å². The van der Waals surface area contributed by atoms with Gasteiger partial charge >= 0.3 is 18.0 Å². The van der Waals surface area contributed by atoms with Crippen LogP contribution in [-0.2, 0) is 19.1 Å². The summed E-state index contributed by atoms with van der Waals surface area (Å²) < 4.78 is 9.89. The SMILES string of the molecule is CC(C)OC(=O)C=CCC[C@H](NC(=O)OC(C)(C)C)C(=O)O. The molecule has 1 amide bonds. The van der Waals surface area contributed by atoms with Crippen molar-refractivity contribution in [2.45, 2.75) is 65.2 Å². The first-order valence-electron chi connectivity index (χ1n) is 7.10. The van der Waals surface area contributed by atoms with E-state index in [9.17, 15) is 14.4 Å². The van der Waals surface area contributed by atoms with Crippen LogP contribution in [0.15, 0.2) is 12.2 Å². The monoisotopic (exact) mass is 315 g/mol. The summed E-state index contributed by atoms with van der Waals surface area (Å²) in [5.74, 6) is -1.65. The van der Waals surface area contributed by atoms with Crippen molar-refractivity contribution >= 4 is 18.0 Å². The fourth-order valence-corrected chi connectivity index (χ4v) is 1.42. The van der Waals surface area contributed by atoms with Crippen molar-refractivity contribution in [1.82, 2.24) is 5.32 Å². The molecule has 0 spiro atoms. The maximum Gasteiger partial charge on any atom is 0.408 e. The van der Waals surface area contributed by atoms with E-state index < -0.39 is 29.7 Å². The summed E-state index contributed by atoms with van der Waals surface area (Å²) >= 11 is 0. The summed E-state index contributed by atoms with van der Waals surface area (Å²) in [5, 5.41) is 11.3. The lowest BCUT2D eigenvalue weighted by Crippen LogP contribution is -2.43. The molecule has 0 saturated carbocycles. The van der Waals surface area contributed by atoms with Crippen LogP contribution in [0.25, 0.3) is 0 Å². The van der Waals surface area contributed by atoms with Gasteiger partial charge in [0.2, 0.25) is 0 Å². The molecule has 0 heterocycles. The van der Waals surface area contributed by atoms with Crippen LogP contribution in [0.1, 0.15) is 47.5 Å². The van der Waals surface area contributed by atoms with Gasteiger partial charge in [-0.2, -0.15) is 0 Å². The van der Waals surface area contributed by atoms with Gasteiger partial charge in [-0.1, -0.05) is 6.08 Å². The van der Waals surface area contributed by atoms with Gasteiger partial charge in [0.25, 0.3) is 0 Å². The van der Waals surface area contributed by atoms with E-state index in [0.29, 0.717) is 6.42 Å². The molecule has 2 N–H and O–H groups in total. The first kappa shape index (κ1) is 19.9. The Morgan fingerprint density at radius 2 is 1.82 bits per heavy atom. The zero-order chi connectivity index (χ0) is 17.3. The second kappa shape index (κ2) is 9.07. The molecule has 7 heteroatoms. The predicted octanol–water partition coefficient (Wildman–Crippen LogP) is 2.25. The van der Waals surface area contributed by atoms with Crippen molar-refractivity contribution in [2.24, 2.45) is 0 Å². The van der Waals surface area contributed by atoms with Crippen LogP contribution < -0.4 is 5.32 Å². The van der Waals surface area contributed by atoms with Crippen LogP contribution in [0.4, 0.5) is 4.79 Å². The molecule has 0 aromatic carbocycles. The van der Waals surface area contributed by atoms with E-state index in [1.165, 1.54) is 12.2 Å². The molecule has 1 atom stereocenters. The highest BCUT2D eigenvalue weighted by atomic mass is 16.6. The number of carboxylic acid groups (broad SMARTS) is 1. The number of allylic oxidation sites excluding steroid dienone is 1. The largest absolute Gasteiger partial charge is 0.480 e. The number of esters is 1. The van der Waals surface area contributed by atoms with Gasteiger partial charge in [-0.15, -0.1) is 0 Å². The number of rotatable bonds is 7. The Hall–Kier alpha value is -2.05. The molecular formula is C15H25NO6. The number of alkyl carbamates (subject to hydrolysis) is 1. The lowest BCUT2D eigenvalue weighted by molar-refractivity contribution is -0.141. The molecule has 0 unspecified atom stereocenters. The number of carboxylic acids is 1. The molecule has 0 aromatic rings. The average molecular weight is 315 g/mol. The highest BCUT2D eigenvalue weighted by molar-refractivity contribution is 5.82. The van der Waals surface area contributed by atoms with E-state index in [0.717, 1.165) is 0 Å². The normalized spacial score (nSPS) is 13.0. The highest BCUT2D eigenvalue weighted by Gasteiger charge is 2.23. The van der Waals surface area contributed by atoms with Gasteiger partial charge in [0.1, 0.15) is 11.6 Å². The van der Waals surface area contributed by atoms with Crippen molar-refractivity contribution < 1.29 is 29.0 Å². The van der Waals surface area contributed by atoms with Crippen LogP contribution in [0.5, 0.6) is 0 Å². The zero-order valence-corrected chi connectivity index (χ0v) is 13.7. The number of carbonyl (C=O) groups is 3. The summed E-state index contributed by atoms with van der Waals surface area (Å²) in [5.41, 5.74) is -0.701. The van der Waals surface area contributed by atoms with Crippen molar-refractivity contribution in [3.05, 3.63) is 12.2 Å². The molecule has 0 aliphatic carbocycles. The van der Waals surface area contributed by atoms with Gasteiger partial charge < -0.3 is 19.9 Å². The van der Waals surface area contributed by atoms with Crippen molar-refractivity contribution in [3.8, 4) is 0 Å². The third-order valence-electron chi connectivity index (χ3n) is 2.22. The van der Waals surface area contributed by atoms with E-state index in [1.54, 1.807) is 34.6 Å². The van der Waals surface area contributed by atoms with Crippen molar-refractivity contribution in [1.29, 1.82) is 0 Å². The average Bonchev–Trinajstić information content (AvgIpc) is 2.29. The number of nitrogens with one attached hydrogen (secondary N) is 1. The van der Waals surface area contributed by atoms with E-state index in [4.69, 9.17) is 14.6 Å². The lowest BCUT2D eigenvalue weighted by Gasteiger charge is -2.21. The van der Waals surface area contributed by atoms with Crippen LogP contribution in [0.2, 0.25) is 0 Å². The zero-order valence-electron chi connectivity index (χ0n) is 13.7. The number of amides is 1. The van der Waals surface area contributed by atoms with Crippen LogP contribution in [-0.4, -0.2) is 40.9 Å².